The first-order valence-electron chi connectivity index (χ1n) is 3.42. The van der Waals surface area contributed by atoms with E-state index in [-0.39, 0.29) is 0 Å². The second kappa shape index (κ2) is 3.78. The average Bonchev–Trinajstić information content (AvgIpc) is 2.06. The summed E-state index contributed by atoms with van der Waals surface area (Å²) in [6, 6.07) is 3.51. The highest BCUT2D eigenvalue weighted by Gasteiger charge is 1.93. The van der Waals surface area contributed by atoms with Crippen molar-refractivity contribution in [1.29, 1.82) is 0 Å². The molecule has 0 atom stereocenters. The SMILES string of the molecule is CCOc1cc(NN)ccn1. The number of hydrazine groups is 1. The lowest BCUT2D eigenvalue weighted by Gasteiger charge is -2.03. The number of pyridine rings is 1. The summed E-state index contributed by atoms with van der Waals surface area (Å²) >= 11 is 0. The van der Waals surface area contributed by atoms with E-state index in [1.807, 2.05) is 6.92 Å². The van der Waals surface area contributed by atoms with Crippen LogP contribution in [0.5, 0.6) is 5.88 Å². The second-order valence-electron chi connectivity index (χ2n) is 1.96. The number of nitrogens with zero attached hydrogens (tertiary/aromatic N) is 1. The van der Waals surface area contributed by atoms with Crippen LogP contribution in [0.1, 0.15) is 6.92 Å². The Morgan fingerprint density at radius 2 is 2.55 bits per heavy atom. The summed E-state index contributed by atoms with van der Waals surface area (Å²) in [4.78, 5) is 3.96. The van der Waals surface area contributed by atoms with Gasteiger partial charge in [0, 0.05) is 12.3 Å². The van der Waals surface area contributed by atoms with Crippen molar-refractivity contribution in [1.82, 2.24) is 4.98 Å². The summed E-state index contributed by atoms with van der Waals surface area (Å²) in [5, 5.41) is 0. The first kappa shape index (κ1) is 7.81. The van der Waals surface area contributed by atoms with Crippen molar-refractivity contribution in [3.05, 3.63) is 18.3 Å². The fourth-order valence-corrected chi connectivity index (χ4v) is 0.726. The van der Waals surface area contributed by atoms with Crippen molar-refractivity contribution < 1.29 is 4.74 Å². The maximum atomic E-state index is 5.18. The Bertz CT molecular complexity index is 227. The van der Waals surface area contributed by atoms with Gasteiger partial charge in [0.15, 0.2) is 0 Å². The quantitative estimate of drug-likeness (QED) is 0.497. The number of nitrogens with one attached hydrogen (secondary N) is 1. The molecule has 0 fully saturated rings. The first-order valence-corrected chi connectivity index (χ1v) is 3.42. The molecule has 0 unspecified atom stereocenters. The Hall–Kier alpha value is -1.29. The third-order valence-corrected chi connectivity index (χ3v) is 1.19. The number of aromatic nitrogens is 1. The number of nitrogen functional groups attached to an aromatic ring is 1. The van der Waals surface area contributed by atoms with Crippen molar-refractivity contribution >= 4 is 5.69 Å². The summed E-state index contributed by atoms with van der Waals surface area (Å²) in [6.45, 7) is 2.52. The van der Waals surface area contributed by atoms with Gasteiger partial charge in [-0.1, -0.05) is 0 Å². The summed E-state index contributed by atoms with van der Waals surface area (Å²) in [5.41, 5.74) is 3.30. The molecule has 0 aliphatic rings. The van der Waals surface area contributed by atoms with Gasteiger partial charge in [0.05, 0.1) is 12.3 Å². The highest BCUT2D eigenvalue weighted by atomic mass is 16.5. The molecule has 0 amide bonds. The van der Waals surface area contributed by atoms with Gasteiger partial charge in [0.25, 0.3) is 0 Å². The molecule has 0 aromatic carbocycles. The van der Waals surface area contributed by atoms with Crippen molar-refractivity contribution in [2.24, 2.45) is 5.84 Å². The molecule has 0 aliphatic heterocycles. The zero-order chi connectivity index (χ0) is 8.10. The maximum absolute atomic E-state index is 5.18. The Labute approximate surface area is 65.4 Å². The predicted molar refractivity (Wildman–Crippen MR) is 43.2 cm³/mol. The highest BCUT2D eigenvalue weighted by Crippen LogP contribution is 2.11. The van der Waals surface area contributed by atoms with Crippen LogP contribution in [0.3, 0.4) is 0 Å². The Morgan fingerprint density at radius 1 is 1.73 bits per heavy atom. The van der Waals surface area contributed by atoms with Gasteiger partial charge in [-0.2, -0.15) is 0 Å². The highest BCUT2D eigenvalue weighted by molar-refractivity contribution is 5.43. The van der Waals surface area contributed by atoms with Gasteiger partial charge in [0.1, 0.15) is 0 Å². The molecule has 0 radical (unpaired) electrons. The number of ether oxygens (including phenoxy) is 1. The standard InChI is InChI=1S/C7H11N3O/c1-2-11-7-5-6(10-8)3-4-9-7/h3-5H,2,8H2,1H3,(H,9,10). The second-order valence-corrected chi connectivity index (χ2v) is 1.96. The van der Waals surface area contributed by atoms with E-state index < -0.39 is 0 Å². The molecular formula is C7H11N3O. The van der Waals surface area contributed by atoms with Crippen LogP contribution in [-0.2, 0) is 0 Å². The maximum Gasteiger partial charge on any atom is 0.215 e. The van der Waals surface area contributed by atoms with Crippen LogP contribution in [0.2, 0.25) is 0 Å². The predicted octanol–water partition coefficient (Wildman–Crippen LogP) is 0.766. The van der Waals surface area contributed by atoms with E-state index in [9.17, 15) is 0 Å². The van der Waals surface area contributed by atoms with Crippen molar-refractivity contribution in [3.8, 4) is 5.88 Å². The van der Waals surface area contributed by atoms with Gasteiger partial charge in [-0.15, -0.1) is 0 Å². The number of hydrogen-bond donors (Lipinski definition) is 2. The number of anilines is 1. The fourth-order valence-electron chi connectivity index (χ4n) is 0.726. The van der Waals surface area contributed by atoms with Crippen molar-refractivity contribution in [3.63, 3.8) is 0 Å². The topological polar surface area (TPSA) is 60.2 Å². The lowest BCUT2D eigenvalue weighted by Crippen LogP contribution is -2.07. The van der Waals surface area contributed by atoms with Crippen LogP contribution in [0, 0.1) is 0 Å². The third kappa shape index (κ3) is 2.09. The van der Waals surface area contributed by atoms with Gasteiger partial charge < -0.3 is 10.2 Å². The van der Waals surface area contributed by atoms with Crippen LogP contribution in [0.15, 0.2) is 18.3 Å². The Morgan fingerprint density at radius 3 is 3.18 bits per heavy atom. The minimum Gasteiger partial charge on any atom is -0.478 e. The molecule has 0 spiro atoms. The first-order chi connectivity index (χ1) is 5.36. The van der Waals surface area contributed by atoms with Gasteiger partial charge >= 0.3 is 0 Å². The van der Waals surface area contributed by atoms with Crippen LogP contribution in [0.25, 0.3) is 0 Å². The van der Waals surface area contributed by atoms with Crippen LogP contribution in [-0.4, -0.2) is 11.6 Å². The monoisotopic (exact) mass is 153 g/mol. The van der Waals surface area contributed by atoms with E-state index in [1.54, 1.807) is 18.3 Å². The van der Waals surface area contributed by atoms with Gasteiger partial charge in [-0.05, 0) is 13.0 Å². The molecular weight excluding hydrogens is 142 g/mol. The molecule has 60 valence electrons. The van der Waals surface area contributed by atoms with Gasteiger partial charge in [-0.25, -0.2) is 4.98 Å². The van der Waals surface area contributed by atoms with Crippen LogP contribution in [0.4, 0.5) is 5.69 Å². The molecule has 1 heterocycles. The Kier molecular flexibility index (Phi) is 2.68. The van der Waals surface area contributed by atoms with E-state index in [1.165, 1.54) is 0 Å². The molecule has 11 heavy (non-hydrogen) atoms. The summed E-state index contributed by atoms with van der Waals surface area (Å²) in [5.74, 6) is 5.77. The molecule has 0 saturated heterocycles. The van der Waals surface area contributed by atoms with Gasteiger partial charge in [0.2, 0.25) is 5.88 Å². The fraction of sp³-hybridized carbons (Fsp3) is 0.286. The molecule has 0 aliphatic carbocycles. The molecule has 0 saturated carbocycles. The zero-order valence-corrected chi connectivity index (χ0v) is 6.37. The molecule has 0 bridgehead atoms. The third-order valence-electron chi connectivity index (χ3n) is 1.19. The number of nitrogens with two attached hydrogens (primary N) is 1. The van der Waals surface area contributed by atoms with Crippen molar-refractivity contribution in [2.75, 3.05) is 12.0 Å². The smallest absolute Gasteiger partial charge is 0.215 e. The van der Waals surface area contributed by atoms with Crippen molar-refractivity contribution in [2.45, 2.75) is 6.92 Å². The molecule has 4 nitrogen and oxygen atoms in total. The molecule has 1 aromatic heterocycles. The van der Waals surface area contributed by atoms with Crippen LogP contribution >= 0.6 is 0 Å². The average molecular weight is 153 g/mol. The largest absolute Gasteiger partial charge is 0.478 e. The Balaban J connectivity index is 2.74. The number of hydrogen-bond acceptors (Lipinski definition) is 4. The van der Waals surface area contributed by atoms with E-state index in [2.05, 4.69) is 10.4 Å². The minimum atomic E-state index is 0.586. The van der Waals surface area contributed by atoms with E-state index >= 15 is 0 Å². The van der Waals surface area contributed by atoms with E-state index in [0.717, 1.165) is 5.69 Å². The van der Waals surface area contributed by atoms with E-state index in [0.29, 0.717) is 12.5 Å². The molecule has 3 N–H and O–H groups in total. The molecule has 1 aromatic rings. The normalized spacial score (nSPS) is 9.27. The van der Waals surface area contributed by atoms with E-state index in [4.69, 9.17) is 10.6 Å². The van der Waals surface area contributed by atoms with Gasteiger partial charge in [-0.3, -0.25) is 5.84 Å². The number of rotatable bonds is 3. The summed E-state index contributed by atoms with van der Waals surface area (Å²) < 4.78 is 5.14. The summed E-state index contributed by atoms with van der Waals surface area (Å²) in [6.07, 6.45) is 1.64. The lowest BCUT2D eigenvalue weighted by molar-refractivity contribution is 0.327. The minimum absolute atomic E-state index is 0.586. The molecule has 1 rings (SSSR count). The zero-order valence-electron chi connectivity index (χ0n) is 6.37. The van der Waals surface area contributed by atoms with Crippen LogP contribution < -0.4 is 16.0 Å². The summed E-state index contributed by atoms with van der Waals surface area (Å²) in [7, 11) is 0. The molecule has 4 heteroatoms. The lowest BCUT2D eigenvalue weighted by atomic mass is 10.4.